The van der Waals surface area contributed by atoms with E-state index in [0.717, 1.165) is 26.2 Å². The second-order valence-electron chi connectivity index (χ2n) is 4.58. The van der Waals surface area contributed by atoms with Gasteiger partial charge in [0.05, 0.1) is 33.0 Å². The lowest BCUT2D eigenvalue weighted by Gasteiger charge is -2.45. The minimum absolute atomic E-state index is 0.0171. The molecule has 0 bridgehead atoms. The molecular formula is C11H24N2O3. The highest BCUT2D eigenvalue weighted by atomic mass is 16.5. The Morgan fingerprint density at radius 3 is 2.19 bits per heavy atom. The average Bonchev–Trinajstić information content (AvgIpc) is 2.19. The SMILES string of the molecule is COCCOCCOCCN1CC(C)(N)C1. The van der Waals surface area contributed by atoms with E-state index >= 15 is 0 Å². The van der Waals surface area contributed by atoms with E-state index < -0.39 is 0 Å². The van der Waals surface area contributed by atoms with E-state index in [4.69, 9.17) is 19.9 Å². The quantitative estimate of drug-likeness (QED) is 0.553. The van der Waals surface area contributed by atoms with E-state index in [-0.39, 0.29) is 5.54 Å². The highest BCUT2D eigenvalue weighted by molar-refractivity contribution is 4.95. The molecule has 0 aromatic carbocycles. The van der Waals surface area contributed by atoms with Crippen LogP contribution in [0.4, 0.5) is 0 Å². The number of ether oxygens (including phenoxy) is 3. The Morgan fingerprint density at radius 2 is 1.62 bits per heavy atom. The van der Waals surface area contributed by atoms with E-state index in [1.807, 2.05) is 0 Å². The van der Waals surface area contributed by atoms with E-state index in [0.29, 0.717) is 26.4 Å². The Labute approximate surface area is 97.8 Å². The summed E-state index contributed by atoms with van der Waals surface area (Å²) in [5, 5.41) is 0. The molecule has 0 aromatic rings. The average molecular weight is 232 g/mol. The number of nitrogens with two attached hydrogens (primary N) is 1. The molecule has 1 aliphatic heterocycles. The second-order valence-corrected chi connectivity index (χ2v) is 4.58. The van der Waals surface area contributed by atoms with Crippen molar-refractivity contribution >= 4 is 0 Å². The first-order valence-corrected chi connectivity index (χ1v) is 5.80. The smallest absolute Gasteiger partial charge is 0.0701 e. The fraction of sp³-hybridized carbons (Fsp3) is 1.00. The minimum atomic E-state index is 0.0171. The van der Waals surface area contributed by atoms with Crippen LogP contribution in [-0.4, -0.2) is 70.2 Å². The van der Waals surface area contributed by atoms with Crippen molar-refractivity contribution < 1.29 is 14.2 Å². The third-order valence-electron chi connectivity index (χ3n) is 2.53. The van der Waals surface area contributed by atoms with Crippen LogP contribution in [0, 0.1) is 0 Å². The van der Waals surface area contributed by atoms with Gasteiger partial charge in [0.25, 0.3) is 0 Å². The standard InChI is InChI=1S/C11H24N2O3/c1-11(12)9-13(10-11)3-4-15-7-8-16-6-5-14-2/h3-10,12H2,1-2H3. The van der Waals surface area contributed by atoms with Gasteiger partial charge >= 0.3 is 0 Å². The maximum atomic E-state index is 5.90. The highest BCUT2D eigenvalue weighted by Crippen LogP contribution is 2.15. The molecule has 5 heteroatoms. The molecule has 0 aromatic heterocycles. The van der Waals surface area contributed by atoms with Gasteiger partial charge in [0, 0.05) is 32.3 Å². The number of rotatable bonds is 9. The van der Waals surface area contributed by atoms with Gasteiger partial charge in [0.2, 0.25) is 0 Å². The van der Waals surface area contributed by atoms with Crippen LogP contribution in [0.2, 0.25) is 0 Å². The molecule has 0 aliphatic carbocycles. The summed E-state index contributed by atoms with van der Waals surface area (Å²) < 4.78 is 15.6. The fourth-order valence-corrected chi connectivity index (χ4v) is 1.79. The van der Waals surface area contributed by atoms with Gasteiger partial charge in [-0.1, -0.05) is 0 Å². The Bertz CT molecular complexity index is 180. The van der Waals surface area contributed by atoms with Gasteiger partial charge < -0.3 is 19.9 Å². The summed E-state index contributed by atoms with van der Waals surface area (Å²) in [6, 6.07) is 0. The van der Waals surface area contributed by atoms with Crippen molar-refractivity contribution in [1.82, 2.24) is 4.90 Å². The van der Waals surface area contributed by atoms with E-state index in [1.165, 1.54) is 0 Å². The summed E-state index contributed by atoms with van der Waals surface area (Å²) in [4.78, 5) is 2.30. The molecule has 5 nitrogen and oxygen atoms in total. The normalized spacial score (nSPS) is 19.7. The zero-order chi connectivity index (χ0) is 11.9. The van der Waals surface area contributed by atoms with Crippen LogP contribution in [0.5, 0.6) is 0 Å². The first-order valence-electron chi connectivity index (χ1n) is 5.80. The molecule has 1 rings (SSSR count). The van der Waals surface area contributed by atoms with Crippen molar-refractivity contribution in [3.63, 3.8) is 0 Å². The first kappa shape index (κ1) is 13.9. The van der Waals surface area contributed by atoms with E-state index in [9.17, 15) is 0 Å². The second kappa shape index (κ2) is 7.19. The maximum Gasteiger partial charge on any atom is 0.0701 e. The van der Waals surface area contributed by atoms with E-state index in [2.05, 4.69) is 11.8 Å². The summed E-state index contributed by atoms with van der Waals surface area (Å²) >= 11 is 0. The first-order chi connectivity index (χ1) is 7.64. The van der Waals surface area contributed by atoms with Crippen LogP contribution in [0.25, 0.3) is 0 Å². The summed E-state index contributed by atoms with van der Waals surface area (Å²) in [6.07, 6.45) is 0. The number of hydrogen-bond acceptors (Lipinski definition) is 5. The lowest BCUT2D eigenvalue weighted by atomic mass is 9.94. The van der Waals surface area contributed by atoms with E-state index in [1.54, 1.807) is 7.11 Å². The molecule has 0 saturated carbocycles. The molecule has 1 aliphatic rings. The van der Waals surface area contributed by atoms with Crippen molar-refractivity contribution in [2.75, 3.05) is 59.8 Å². The summed E-state index contributed by atoms with van der Waals surface area (Å²) in [6.45, 7) is 8.31. The molecule has 0 unspecified atom stereocenters. The molecular weight excluding hydrogens is 208 g/mol. The minimum Gasteiger partial charge on any atom is -0.382 e. The highest BCUT2D eigenvalue weighted by Gasteiger charge is 2.33. The molecule has 0 radical (unpaired) electrons. The summed E-state index contributed by atoms with van der Waals surface area (Å²) in [5.41, 5.74) is 5.91. The van der Waals surface area contributed by atoms with Crippen LogP contribution >= 0.6 is 0 Å². The third kappa shape index (κ3) is 5.77. The van der Waals surface area contributed by atoms with Crippen LogP contribution in [-0.2, 0) is 14.2 Å². The van der Waals surface area contributed by atoms with Crippen LogP contribution in [0.1, 0.15) is 6.92 Å². The molecule has 0 atom stereocenters. The summed E-state index contributed by atoms with van der Waals surface area (Å²) in [5.74, 6) is 0. The van der Waals surface area contributed by atoms with Gasteiger partial charge in [0.15, 0.2) is 0 Å². The van der Waals surface area contributed by atoms with Crippen molar-refractivity contribution in [2.24, 2.45) is 5.73 Å². The summed E-state index contributed by atoms with van der Waals surface area (Å²) in [7, 11) is 1.66. The monoisotopic (exact) mass is 232 g/mol. The molecule has 1 saturated heterocycles. The van der Waals surface area contributed by atoms with Crippen LogP contribution in [0.15, 0.2) is 0 Å². The lowest BCUT2D eigenvalue weighted by molar-refractivity contribution is 0.00496. The number of methoxy groups -OCH3 is 1. The number of likely N-dealkylation sites (tertiary alicyclic amines) is 1. The lowest BCUT2D eigenvalue weighted by Crippen LogP contribution is -2.65. The Morgan fingerprint density at radius 1 is 1.06 bits per heavy atom. The molecule has 0 spiro atoms. The zero-order valence-electron chi connectivity index (χ0n) is 10.4. The Kier molecular flexibility index (Phi) is 6.23. The molecule has 1 fully saturated rings. The Hall–Kier alpha value is -0.200. The molecule has 96 valence electrons. The van der Waals surface area contributed by atoms with Gasteiger partial charge in [0.1, 0.15) is 0 Å². The van der Waals surface area contributed by atoms with Crippen molar-refractivity contribution in [3.8, 4) is 0 Å². The Balaban J connectivity index is 1.76. The topological polar surface area (TPSA) is 57.0 Å². The van der Waals surface area contributed by atoms with Gasteiger partial charge in [-0.25, -0.2) is 0 Å². The predicted octanol–water partition coefficient (Wildman–Crippen LogP) is -0.301. The van der Waals surface area contributed by atoms with Gasteiger partial charge in [-0.2, -0.15) is 0 Å². The zero-order valence-corrected chi connectivity index (χ0v) is 10.4. The largest absolute Gasteiger partial charge is 0.382 e. The number of nitrogens with zero attached hydrogens (tertiary/aromatic N) is 1. The van der Waals surface area contributed by atoms with Gasteiger partial charge in [-0.05, 0) is 6.92 Å². The predicted molar refractivity (Wildman–Crippen MR) is 62.5 cm³/mol. The van der Waals surface area contributed by atoms with Crippen molar-refractivity contribution in [1.29, 1.82) is 0 Å². The molecule has 2 N–H and O–H groups in total. The van der Waals surface area contributed by atoms with Gasteiger partial charge in [-0.15, -0.1) is 0 Å². The van der Waals surface area contributed by atoms with Crippen molar-refractivity contribution in [2.45, 2.75) is 12.5 Å². The fourth-order valence-electron chi connectivity index (χ4n) is 1.79. The number of hydrogen-bond donors (Lipinski definition) is 1. The van der Waals surface area contributed by atoms with Gasteiger partial charge in [-0.3, -0.25) is 4.90 Å². The molecule has 1 heterocycles. The third-order valence-corrected chi connectivity index (χ3v) is 2.53. The maximum absolute atomic E-state index is 5.90. The van der Waals surface area contributed by atoms with Crippen LogP contribution in [0.3, 0.4) is 0 Å². The van der Waals surface area contributed by atoms with Crippen molar-refractivity contribution in [3.05, 3.63) is 0 Å². The molecule has 16 heavy (non-hydrogen) atoms. The van der Waals surface area contributed by atoms with Crippen LogP contribution < -0.4 is 5.73 Å². The molecule has 0 amide bonds.